The molecule has 0 heterocycles. The van der Waals surface area contributed by atoms with Gasteiger partial charge in [0.05, 0.1) is 17.7 Å². The summed E-state index contributed by atoms with van der Waals surface area (Å²) in [5.41, 5.74) is 3.79. The van der Waals surface area contributed by atoms with Crippen molar-refractivity contribution < 1.29 is 28.6 Å². The van der Waals surface area contributed by atoms with E-state index in [2.05, 4.69) is 10.6 Å². The van der Waals surface area contributed by atoms with Crippen LogP contribution < -0.4 is 10.6 Å². The van der Waals surface area contributed by atoms with Gasteiger partial charge in [0.1, 0.15) is 12.4 Å². The fourth-order valence-electron chi connectivity index (χ4n) is 4.35. The zero-order valence-corrected chi connectivity index (χ0v) is 19.1. The van der Waals surface area contributed by atoms with Gasteiger partial charge in [-0.3, -0.25) is 14.9 Å². The van der Waals surface area contributed by atoms with Gasteiger partial charge in [0.25, 0.3) is 5.91 Å². The third-order valence-electron chi connectivity index (χ3n) is 6.08. The number of halogens is 1. The minimum atomic E-state index is -1.06. The van der Waals surface area contributed by atoms with Crippen LogP contribution in [0, 0.1) is 5.82 Å². The Hall–Kier alpha value is -4.20. The quantitative estimate of drug-likeness (QED) is 0.416. The van der Waals surface area contributed by atoms with Gasteiger partial charge < -0.3 is 15.2 Å². The van der Waals surface area contributed by atoms with Gasteiger partial charge in [0.15, 0.2) is 0 Å². The number of fused-ring (bicyclic) bond motifs is 3. The molecule has 3 N–H and O–H groups in total. The second kappa shape index (κ2) is 10.4. The number of anilines is 1. The van der Waals surface area contributed by atoms with E-state index in [0.717, 1.165) is 28.3 Å². The number of aliphatic carboxylic acids is 1. The van der Waals surface area contributed by atoms with Crippen LogP contribution in [0.3, 0.4) is 0 Å². The Morgan fingerprint density at radius 1 is 0.971 bits per heavy atom. The largest absolute Gasteiger partial charge is 0.481 e. The van der Waals surface area contributed by atoms with Crippen molar-refractivity contribution in [2.24, 2.45) is 0 Å². The highest BCUT2D eigenvalue weighted by Gasteiger charge is 2.29. The summed E-state index contributed by atoms with van der Waals surface area (Å²) >= 11 is 0. The van der Waals surface area contributed by atoms with Crippen LogP contribution in [-0.2, 0) is 9.53 Å². The number of nitrogens with one attached hydrogen (secondary N) is 2. The van der Waals surface area contributed by atoms with Crippen LogP contribution in [0.4, 0.5) is 14.9 Å². The third kappa shape index (κ3) is 5.16. The Bertz CT molecular complexity index is 1230. The number of carboxylic acid groups (broad SMARTS) is 1. The van der Waals surface area contributed by atoms with Crippen LogP contribution in [0.15, 0.2) is 66.7 Å². The first-order valence-electron chi connectivity index (χ1n) is 11.3. The number of carbonyl (C=O) groups is 3. The van der Waals surface area contributed by atoms with Crippen molar-refractivity contribution in [3.05, 3.63) is 89.2 Å². The van der Waals surface area contributed by atoms with E-state index in [1.807, 2.05) is 48.5 Å². The number of amides is 2. The summed E-state index contributed by atoms with van der Waals surface area (Å²) in [4.78, 5) is 36.4. The average Bonchev–Trinajstić information content (AvgIpc) is 3.17. The highest BCUT2D eigenvalue weighted by Crippen LogP contribution is 2.44. The van der Waals surface area contributed by atoms with E-state index in [1.54, 1.807) is 6.92 Å². The zero-order chi connectivity index (χ0) is 24.9. The Labute approximate surface area is 201 Å². The van der Waals surface area contributed by atoms with Crippen LogP contribution in [0.5, 0.6) is 0 Å². The summed E-state index contributed by atoms with van der Waals surface area (Å²) in [7, 11) is 0. The predicted octanol–water partition coefficient (Wildman–Crippen LogP) is 5.17. The Kier molecular flexibility index (Phi) is 7.10. The molecule has 0 radical (unpaired) electrons. The average molecular weight is 477 g/mol. The molecule has 0 saturated heterocycles. The Morgan fingerprint density at radius 3 is 2.20 bits per heavy atom. The van der Waals surface area contributed by atoms with E-state index in [1.165, 1.54) is 12.1 Å². The standard InChI is InChI=1S/C27H25FN2O5/c1-2-16(14-24(31)32)29-26(33)21-12-7-13-23(28)25(21)30-27(34)35-15-22-19-10-5-3-8-17(19)18-9-4-6-11-20(18)22/h3-13,16,22H,2,14-15H2,1H3,(H,29,33)(H,30,34)(H,31,32). The van der Waals surface area contributed by atoms with Crippen molar-refractivity contribution in [3.63, 3.8) is 0 Å². The lowest BCUT2D eigenvalue weighted by molar-refractivity contribution is -0.137. The molecule has 3 aromatic carbocycles. The van der Waals surface area contributed by atoms with Crippen molar-refractivity contribution in [2.45, 2.75) is 31.7 Å². The molecule has 0 aliphatic heterocycles. The molecular formula is C27H25FN2O5. The summed E-state index contributed by atoms with van der Waals surface area (Å²) in [6, 6.07) is 19.0. The van der Waals surface area contributed by atoms with Gasteiger partial charge in [0.2, 0.25) is 0 Å². The molecule has 4 rings (SSSR count). The molecule has 1 aliphatic carbocycles. The number of hydrogen-bond donors (Lipinski definition) is 3. The van der Waals surface area contributed by atoms with Gasteiger partial charge in [-0.25, -0.2) is 9.18 Å². The topological polar surface area (TPSA) is 105 Å². The molecule has 35 heavy (non-hydrogen) atoms. The maximum Gasteiger partial charge on any atom is 0.411 e. The maximum absolute atomic E-state index is 14.6. The first kappa shape index (κ1) is 23.9. The molecule has 1 aliphatic rings. The van der Waals surface area contributed by atoms with E-state index < -0.39 is 29.8 Å². The normalized spacial score (nSPS) is 12.9. The fraction of sp³-hybridized carbons (Fsp3) is 0.222. The molecule has 2 amide bonds. The van der Waals surface area contributed by atoms with Gasteiger partial charge >= 0.3 is 12.1 Å². The van der Waals surface area contributed by atoms with E-state index in [4.69, 9.17) is 9.84 Å². The summed E-state index contributed by atoms with van der Waals surface area (Å²) in [5, 5.41) is 13.9. The number of rotatable bonds is 8. The summed E-state index contributed by atoms with van der Waals surface area (Å²) < 4.78 is 20.1. The van der Waals surface area contributed by atoms with Crippen molar-refractivity contribution in [1.29, 1.82) is 0 Å². The number of carbonyl (C=O) groups excluding carboxylic acids is 2. The van der Waals surface area contributed by atoms with Crippen molar-refractivity contribution in [2.75, 3.05) is 11.9 Å². The predicted molar refractivity (Wildman–Crippen MR) is 129 cm³/mol. The molecule has 8 heteroatoms. The molecule has 1 unspecified atom stereocenters. The van der Waals surface area contributed by atoms with Gasteiger partial charge in [-0.1, -0.05) is 61.5 Å². The van der Waals surface area contributed by atoms with E-state index in [9.17, 15) is 18.8 Å². The van der Waals surface area contributed by atoms with E-state index in [-0.39, 0.29) is 30.2 Å². The smallest absolute Gasteiger partial charge is 0.411 e. The molecular weight excluding hydrogens is 451 g/mol. The second-order valence-electron chi connectivity index (χ2n) is 8.29. The molecule has 0 bridgehead atoms. The van der Waals surface area contributed by atoms with Crippen LogP contribution in [0.1, 0.15) is 47.2 Å². The first-order valence-corrected chi connectivity index (χ1v) is 11.3. The molecule has 0 fully saturated rings. The summed E-state index contributed by atoms with van der Waals surface area (Å²) in [5.74, 6) is -2.73. The Morgan fingerprint density at radius 2 is 1.60 bits per heavy atom. The van der Waals surface area contributed by atoms with Gasteiger partial charge in [0, 0.05) is 12.0 Å². The first-order chi connectivity index (χ1) is 16.9. The van der Waals surface area contributed by atoms with Gasteiger partial charge in [-0.15, -0.1) is 0 Å². The molecule has 180 valence electrons. The summed E-state index contributed by atoms with van der Waals surface area (Å²) in [6.45, 7) is 1.77. The lowest BCUT2D eigenvalue weighted by Gasteiger charge is -2.18. The number of ether oxygens (including phenoxy) is 1. The highest BCUT2D eigenvalue weighted by atomic mass is 19.1. The number of para-hydroxylation sites is 1. The molecule has 0 spiro atoms. The van der Waals surface area contributed by atoms with Crippen LogP contribution >= 0.6 is 0 Å². The lowest BCUT2D eigenvalue weighted by atomic mass is 9.98. The van der Waals surface area contributed by atoms with Crippen LogP contribution in [0.25, 0.3) is 11.1 Å². The van der Waals surface area contributed by atoms with E-state index >= 15 is 0 Å². The minimum absolute atomic E-state index is 0.0341. The number of carboxylic acids is 1. The summed E-state index contributed by atoms with van der Waals surface area (Å²) in [6.07, 6.45) is -0.793. The fourth-order valence-corrected chi connectivity index (χ4v) is 4.35. The van der Waals surface area contributed by atoms with Gasteiger partial charge in [-0.05, 0) is 40.8 Å². The molecule has 3 aromatic rings. The Balaban J connectivity index is 1.48. The molecule has 7 nitrogen and oxygen atoms in total. The van der Waals surface area contributed by atoms with Gasteiger partial charge in [-0.2, -0.15) is 0 Å². The van der Waals surface area contributed by atoms with Crippen molar-refractivity contribution in [3.8, 4) is 11.1 Å². The molecule has 0 saturated carbocycles. The molecule has 0 aromatic heterocycles. The van der Waals surface area contributed by atoms with Crippen molar-refractivity contribution >= 4 is 23.7 Å². The SMILES string of the molecule is CCC(CC(=O)O)NC(=O)c1cccc(F)c1NC(=O)OCC1c2ccccc2-c2ccccc21. The minimum Gasteiger partial charge on any atom is -0.481 e. The molecule has 1 atom stereocenters. The third-order valence-corrected chi connectivity index (χ3v) is 6.08. The maximum atomic E-state index is 14.6. The highest BCUT2D eigenvalue weighted by molar-refractivity contribution is 6.03. The lowest BCUT2D eigenvalue weighted by Crippen LogP contribution is -2.36. The zero-order valence-electron chi connectivity index (χ0n) is 19.1. The van der Waals surface area contributed by atoms with Crippen LogP contribution in [-0.4, -0.2) is 35.7 Å². The van der Waals surface area contributed by atoms with Crippen LogP contribution in [0.2, 0.25) is 0 Å². The monoisotopic (exact) mass is 476 g/mol. The van der Waals surface area contributed by atoms with E-state index in [0.29, 0.717) is 6.42 Å². The number of hydrogen-bond acceptors (Lipinski definition) is 4. The number of benzene rings is 3. The second-order valence-corrected chi connectivity index (χ2v) is 8.29. The van der Waals surface area contributed by atoms with Crippen molar-refractivity contribution in [1.82, 2.24) is 5.32 Å².